The molecule has 2 N–H and O–H groups in total. The molecule has 1 amide bonds. The molecule has 0 fully saturated rings. The molecule has 0 saturated heterocycles. The predicted octanol–water partition coefficient (Wildman–Crippen LogP) is 2.49. The van der Waals surface area contributed by atoms with E-state index in [-0.39, 0.29) is 11.7 Å². The molecule has 0 saturated carbocycles. The molecule has 0 aromatic heterocycles. The highest BCUT2D eigenvalue weighted by Crippen LogP contribution is 2.17. The summed E-state index contributed by atoms with van der Waals surface area (Å²) in [5.74, 6) is 0.578. The number of ether oxygens (including phenoxy) is 1. The minimum atomic E-state index is -0.192. The number of aromatic hydroxyl groups is 1. The van der Waals surface area contributed by atoms with Crippen molar-refractivity contribution in [2.75, 3.05) is 19.8 Å². The van der Waals surface area contributed by atoms with Crippen LogP contribution in [0.25, 0.3) is 0 Å². The van der Waals surface area contributed by atoms with Gasteiger partial charge in [0.25, 0.3) is 5.91 Å². The molecule has 1 rings (SSSR count). The summed E-state index contributed by atoms with van der Waals surface area (Å²) in [6.07, 6.45) is 1.03. The Kier molecular flexibility index (Phi) is 6.36. The van der Waals surface area contributed by atoms with Crippen LogP contribution in [0.4, 0.5) is 0 Å². The number of phenols is 1. The summed E-state index contributed by atoms with van der Waals surface area (Å²) in [7, 11) is 0. The second-order valence-electron chi connectivity index (χ2n) is 5.05. The number of hydrogen-bond donors (Lipinski definition) is 2. The van der Waals surface area contributed by atoms with Gasteiger partial charge in [-0.05, 0) is 37.0 Å². The monoisotopic (exact) mass is 265 g/mol. The summed E-state index contributed by atoms with van der Waals surface area (Å²) in [5, 5.41) is 12.3. The van der Waals surface area contributed by atoms with E-state index in [1.165, 1.54) is 6.07 Å². The van der Waals surface area contributed by atoms with E-state index in [1.807, 2.05) is 0 Å². The number of benzene rings is 1. The van der Waals surface area contributed by atoms with Gasteiger partial charge in [-0.15, -0.1) is 0 Å². The molecule has 106 valence electrons. The van der Waals surface area contributed by atoms with Gasteiger partial charge in [-0.2, -0.15) is 0 Å². The molecule has 4 nitrogen and oxygen atoms in total. The highest BCUT2D eigenvalue weighted by molar-refractivity contribution is 5.94. The number of carbonyl (C=O) groups excluding carboxylic acids is 1. The van der Waals surface area contributed by atoms with E-state index in [0.29, 0.717) is 24.6 Å². The number of amides is 1. The van der Waals surface area contributed by atoms with Crippen LogP contribution in [0.3, 0.4) is 0 Å². The Labute approximate surface area is 114 Å². The summed E-state index contributed by atoms with van der Waals surface area (Å²) in [6.45, 7) is 7.80. The van der Waals surface area contributed by atoms with E-state index in [2.05, 4.69) is 19.2 Å². The predicted molar refractivity (Wildman–Crippen MR) is 75.5 cm³/mol. The molecule has 0 unspecified atom stereocenters. The third-order valence-corrected chi connectivity index (χ3v) is 2.84. The highest BCUT2D eigenvalue weighted by atomic mass is 16.5. The molecule has 0 bridgehead atoms. The van der Waals surface area contributed by atoms with E-state index >= 15 is 0 Å². The molecule has 0 radical (unpaired) electrons. The maximum atomic E-state index is 11.8. The van der Waals surface area contributed by atoms with Gasteiger partial charge in [-0.25, -0.2) is 0 Å². The Hall–Kier alpha value is -1.55. The van der Waals surface area contributed by atoms with Crippen LogP contribution in [-0.4, -0.2) is 30.8 Å². The zero-order valence-corrected chi connectivity index (χ0v) is 11.9. The van der Waals surface area contributed by atoms with Gasteiger partial charge < -0.3 is 15.2 Å². The first-order chi connectivity index (χ1) is 9.00. The first kappa shape index (κ1) is 15.5. The number of aryl methyl sites for hydroxylation is 1. The molecule has 1 aromatic rings. The van der Waals surface area contributed by atoms with Crippen LogP contribution in [0, 0.1) is 12.8 Å². The second kappa shape index (κ2) is 7.79. The molecule has 4 heteroatoms. The zero-order chi connectivity index (χ0) is 14.3. The van der Waals surface area contributed by atoms with Gasteiger partial charge in [-0.1, -0.05) is 19.9 Å². The van der Waals surface area contributed by atoms with Crippen LogP contribution in [0.5, 0.6) is 5.75 Å². The van der Waals surface area contributed by atoms with Gasteiger partial charge in [-0.3, -0.25) is 4.79 Å². The molecule has 1 aromatic carbocycles. The van der Waals surface area contributed by atoms with Crippen molar-refractivity contribution in [2.24, 2.45) is 5.92 Å². The van der Waals surface area contributed by atoms with Crippen LogP contribution in [-0.2, 0) is 4.74 Å². The molecule has 0 spiro atoms. The quantitative estimate of drug-likeness (QED) is 0.745. The maximum absolute atomic E-state index is 11.8. The van der Waals surface area contributed by atoms with Crippen molar-refractivity contribution in [3.8, 4) is 5.75 Å². The van der Waals surface area contributed by atoms with Crippen LogP contribution in [0.15, 0.2) is 18.2 Å². The van der Waals surface area contributed by atoms with Gasteiger partial charge in [0.05, 0.1) is 6.61 Å². The fourth-order valence-corrected chi connectivity index (χ4v) is 1.51. The minimum Gasteiger partial charge on any atom is -0.508 e. The van der Waals surface area contributed by atoms with Gasteiger partial charge >= 0.3 is 0 Å². The van der Waals surface area contributed by atoms with E-state index in [0.717, 1.165) is 18.6 Å². The second-order valence-corrected chi connectivity index (χ2v) is 5.05. The number of hydrogen-bond acceptors (Lipinski definition) is 3. The Balaban J connectivity index is 2.26. The molecule has 0 heterocycles. The standard InChI is InChI=1S/C15H23NO3/c1-11(2)6-8-19-9-7-16-15(18)13-5-4-12(3)14(17)10-13/h4-5,10-11,17H,6-9H2,1-3H3,(H,16,18). The topological polar surface area (TPSA) is 58.6 Å². The summed E-state index contributed by atoms with van der Waals surface area (Å²) >= 11 is 0. The fraction of sp³-hybridized carbons (Fsp3) is 0.533. The average molecular weight is 265 g/mol. The van der Waals surface area contributed by atoms with Crippen molar-refractivity contribution >= 4 is 5.91 Å². The Bertz CT molecular complexity index is 416. The minimum absolute atomic E-state index is 0.140. The number of phenolic OH excluding ortho intramolecular Hbond substituents is 1. The molecule has 19 heavy (non-hydrogen) atoms. The number of nitrogens with one attached hydrogen (secondary N) is 1. The molecule has 0 aliphatic rings. The molecule has 0 aliphatic carbocycles. The zero-order valence-electron chi connectivity index (χ0n) is 11.9. The molecular weight excluding hydrogens is 242 g/mol. The number of rotatable bonds is 7. The average Bonchev–Trinajstić information content (AvgIpc) is 2.36. The van der Waals surface area contributed by atoms with Gasteiger partial charge in [0.15, 0.2) is 0 Å². The van der Waals surface area contributed by atoms with E-state index < -0.39 is 0 Å². The third kappa shape index (κ3) is 5.75. The third-order valence-electron chi connectivity index (χ3n) is 2.84. The van der Waals surface area contributed by atoms with Crippen molar-refractivity contribution < 1.29 is 14.6 Å². The van der Waals surface area contributed by atoms with Crippen molar-refractivity contribution in [3.63, 3.8) is 0 Å². The molecule has 0 aliphatic heterocycles. The fourth-order valence-electron chi connectivity index (χ4n) is 1.51. The van der Waals surface area contributed by atoms with Crippen molar-refractivity contribution in [3.05, 3.63) is 29.3 Å². The van der Waals surface area contributed by atoms with Gasteiger partial charge in [0.1, 0.15) is 5.75 Å². The SMILES string of the molecule is Cc1ccc(C(=O)NCCOCCC(C)C)cc1O. The lowest BCUT2D eigenvalue weighted by molar-refractivity contribution is 0.0905. The lowest BCUT2D eigenvalue weighted by Gasteiger charge is -2.08. The Morgan fingerprint density at radius 1 is 1.37 bits per heavy atom. The lowest BCUT2D eigenvalue weighted by Crippen LogP contribution is -2.27. The van der Waals surface area contributed by atoms with Crippen molar-refractivity contribution in [2.45, 2.75) is 27.2 Å². The van der Waals surface area contributed by atoms with Crippen molar-refractivity contribution in [1.29, 1.82) is 0 Å². The van der Waals surface area contributed by atoms with E-state index in [4.69, 9.17) is 4.74 Å². The summed E-state index contributed by atoms with van der Waals surface area (Å²) < 4.78 is 5.41. The smallest absolute Gasteiger partial charge is 0.251 e. The summed E-state index contributed by atoms with van der Waals surface area (Å²) in [4.78, 5) is 11.8. The van der Waals surface area contributed by atoms with Crippen LogP contribution >= 0.6 is 0 Å². The highest BCUT2D eigenvalue weighted by Gasteiger charge is 2.06. The summed E-state index contributed by atoms with van der Waals surface area (Å²) in [5.41, 5.74) is 1.22. The van der Waals surface area contributed by atoms with E-state index in [1.54, 1.807) is 19.1 Å². The van der Waals surface area contributed by atoms with E-state index in [9.17, 15) is 9.90 Å². The Morgan fingerprint density at radius 3 is 2.74 bits per heavy atom. The van der Waals surface area contributed by atoms with Crippen LogP contribution < -0.4 is 5.32 Å². The number of carbonyl (C=O) groups is 1. The molecular formula is C15H23NO3. The first-order valence-corrected chi connectivity index (χ1v) is 6.66. The largest absolute Gasteiger partial charge is 0.508 e. The van der Waals surface area contributed by atoms with Crippen LogP contribution in [0.1, 0.15) is 36.2 Å². The normalized spacial score (nSPS) is 10.7. The summed E-state index contributed by atoms with van der Waals surface area (Å²) in [6, 6.07) is 4.90. The lowest BCUT2D eigenvalue weighted by atomic mass is 10.1. The van der Waals surface area contributed by atoms with Gasteiger partial charge in [0, 0.05) is 18.7 Å². The Morgan fingerprint density at radius 2 is 2.11 bits per heavy atom. The van der Waals surface area contributed by atoms with Crippen LogP contribution in [0.2, 0.25) is 0 Å². The van der Waals surface area contributed by atoms with Gasteiger partial charge in [0.2, 0.25) is 0 Å². The first-order valence-electron chi connectivity index (χ1n) is 6.66. The molecule has 0 atom stereocenters. The van der Waals surface area contributed by atoms with Crippen molar-refractivity contribution in [1.82, 2.24) is 5.32 Å². The maximum Gasteiger partial charge on any atom is 0.251 e.